The van der Waals surface area contributed by atoms with E-state index in [0.29, 0.717) is 17.1 Å². The maximum Gasteiger partial charge on any atom is 0.408 e. The summed E-state index contributed by atoms with van der Waals surface area (Å²) < 4.78 is 11.2. The summed E-state index contributed by atoms with van der Waals surface area (Å²) in [7, 11) is 0. The second-order valence-electron chi connectivity index (χ2n) is 9.02. The van der Waals surface area contributed by atoms with Gasteiger partial charge in [0.05, 0.1) is 5.75 Å². The number of anilines is 1. The second-order valence-corrected chi connectivity index (χ2v) is 10.4. The van der Waals surface area contributed by atoms with E-state index in [1.807, 2.05) is 30.5 Å². The molecule has 0 aliphatic rings. The van der Waals surface area contributed by atoms with Crippen molar-refractivity contribution in [2.24, 2.45) is 0 Å². The van der Waals surface area contributed by atoms with Gasteiger partial charge in [-0.15, -0.1) is 10.2 Å². The SMILES string of the molecule is CC(C)(C)OC(=O)NC(Cc1c[nH]c2ccccc12)c1nnc(SCC(=O)Nc2cccc(Cl)c2)o1. The number of carbonyl (C=O) groups excluding carboxylic acids is 2. The minimum Gasteiger partial charge on any atom is -0.444 e. The first-order valence-electron chi connectivity index (χ1n) is 11.2. The maximum absolute atomic E-state index is 12.6. The van der Waals surface area contributed by atoms with Crippen molar-refractivity contribution in [3.05, 3.63) is 71.2 Å². The summed E-state index contributed by atoms with van der Waals surface area (Å²) in [6.07, 6.45) is 1.69. The van der Waals surface area contributed by atoms with E-state index >= 15 is 0 Å². The summed E-state index contributed by atoms with van der Waals surface area (Å²) in [6.45, 7) is 5.37. The number of aromatic nitrogens is 3. The molecule has 0 bridgehead atoms. The monoisotopic (exact) mass is 527 g/mol. The first-order chi connectivity index (χ1) is 17.2. The molecule has 3 N–H and O–H groups in total. The molecule has 2 aromatic heterocycles. The van der Waals surface area contributed by atoms with E-state index < -0.39 is 17.7 Å². The minimum atomic E-state index is -0.665. The van der Waals surface area contributed by atoms with Gasteiger partial charge in [-0.1, -0.05) is 47.6 Å². The molecule has 2 aromatic carbocycles. The van der Waals surface area contributed by atoms with E-state index in [-0.39, 0.29) is 22.8 Å². The molecule has 0 fully saturated rings. The number of hydrogen-bond acceptors (Lipinski definition) is 7. The minimum absolute atomic E-state index is 0.0563. The topological polar surface area (TPSA) is 122 Å². The van der Waals surface area contributed by atoms with Crippen molar-refractivity contribution < 1.29 is 18.7 Å². The van der Waals surface area contributed by atoms with Crippen LogP contribution in [0, 0.1) is 0 Å². The second kappa shape index (κ2) is 11.0. The average molecular weight is 528 g/mol. The lowest BCUT2D eigenvalue weighted by Crippen LogP contribution is -2.36. The number of nitrogens with zero attached hydrogens (tertiary/aromatic N) is 2. The molecule has 0 saturated heterocycles. The number of rotatable bonds is 8. The molecule has 188 valence electrons. The van der Waals surface area contributed by atoms with Crippen LogP contribution in [0.25, 0.3) is 10.9 Å². The molecule has 0 aliphatic heterocycles. The number of benzene rings is 2. The molecule has 2 amide bonds. The van der Waals surface area contributed by atoms with Gasteiger partial charge in [-0.25, -0.2) is 4.79 Å². The van der Waals surface area contributed by atoms with Gasteiger partial charge in [-0.2, -0.15) is 0 Å². The summed E-state index contributed by atoms with van der Waals surface area (Å²) in [5.41, 5.74) is 1.89. The van der Waals surface area contributed by atoms with Crippen molar-refractivity contribution >= 4 is 52.0 Å². The lowest BCUT2D eigenvalue weighted by molar-refractivity contribution is -0.113. The van der Waals surface area contributed by atoms with Gasteiger partial charge in [0.25, 0.3) is 5.22 Å². The number of thioether (sulfide) groups is 1. The van der Waals surface area contributed by atoms with Crippen LogP contribution < -0.4 is 10.6 Å². The van der Waals surface area contributed by atoms with Gasteiger partial charge in [0.2, 0.25) is 11.8 Å². The molecule has 1 atom stereocenters. The molecule has 11 heteroatoms. The van der Waals surface area contributed by atoms with E-state index in [2.05, 4.69) is 25.8 Å². The van der Waals surface area contributed by atoms with Gasteiger partial charge >= 0.3 is 6.09 Å². The molecule has 0 radical (unpaired) electrons. The van der Waals surface area contributed by atoms with E-state index in [0.717, 1.165) is 28.2 Å². The van der Waals surface area contributed by atoms with Crippen LogP contribution in [0.3, 0.4) is 0 Å². The number of H-pyrrole nitrogens is 1. The van der Waals surface area contributed by atoms with Crippen LogP contribution in [0.5, 0.6) is 0 Å². The van der Waals surface area contributed by atoms with E-state index in [4.69, 9.17) is 20.8 Å². The van der Waals surface area contributed by atoms with Crippen molar-refractivity contribution in [1.29, 1.82) is 0 Å². The van der Waals surface area contributed by atoms with Gasteiger partial charge in [0.1, 0.15) is 11.6 Å². The number of aromatic amines is 1. The van der Waals surface area contributed by atoms with Gasteiger partial charge in [-0.3, -0.25) is 4.79 Å². The Labute approximate surface area is 217 Å². The van der Waals surface area contributed by atoms with Crippen molar-refractivity contribution in [3.8, 4) is 0 Å². The third-order valence-electron chi connectivity index (χ3n) is 4.95. The third kappa shape index (κ3) is 7.02. The molecular formula is C25H26ClN5O4S. The Morgan fingerprint density at radius 3 is 2.75 bits per heavy atom. The van der Waals surface area contributed by atoms with Crippen LogP contribution in [0.2, 0.25) is 5.02 Å². The molecule has 9 nitrogen and oxygen atoms in total. The predicted molar refractivity (Wildman–Crippen MR) is 139 cm³/mol. The van der Waals surface area contributed by atoms with Crippen LogP contribution >= 0.6 is 23.4 Å². The number of alkyl carbamates (subject to hydrolysis) is 1. The third-order valence-corrected chi connectivity index (χ3v) is 6.00. The highest BCUT2D eigenvalue weighted by atomic mass is 35.5. The summed E-state index contributed by atoms with van der Waals surface area (Å²) in [6, 6.07) is 14.1. The number of amides is 2. The number of carbonyl (C=O) groups is 2. The zero-order valence-corrected chi connectivity index (χ0v) is 21.6. The predicted octanol–water partition coefficient (Wildman–Crippen LogP) is 5.74. The first-order valence-corrected chi connectivity index (χ1v) is 12.6. The van der Waals surface area contributed by atoms with Crippen molar-refractivity contribution in [2.75, 3.05) is 11.1 Å². The standard InChI is InChI=1S/C25H26ClN5O4S/c1-25(2,3)35-23(33)29-20(11-15-13-27-19-10-5-4-9-18(15)19)22-30-31-24(34-22)36-14-21(32)28-17-8-6-7-16(26)12-17/h4-10,12-13,20,27H,11,14H2,1-3H3,(H,28,32)(H,29,33). The zero-order valence-electron chi connectivity index (χ0n) is 20.0. The van der Waals surface area contributed by atoms with Crippen molar-refractivity contribution in [3.63, 3.8) is 0 Å². The van der Waals surface area contributed by atoms with Crippen LogP contribution in [-0.4, -0.2) is 38.5 Å². The van der Waals surface area contributed by atoms with Crippen LogP contribution in [0.4, 0.5) is 10.5 Å². The Morgan fingerprint density at radius 2 is 1.97 bits per heavy atom. The molecule has 4 rings (SSSR count). The highest BCUT2D eigenvalue weighted by Crippen LogP contribution is 2.27. The van der Waals surface area contributed by atoms with Crippen LogP contribution in [0.15, 0.2) is 64.4 Å². The van der Waals surface area contributed by atoms with Gasteiger partial charge in [-0.05, 0) is 50.6 Å². The number of ether oxygens (including phenoxy) is 1. The molecule has 0 spiro atoms. The first kappa shape index (κ1) is 25.6. The van der Waals surface area contributed by atoms with E-state index in [9.17, 15) is 9.59 Å². The number of nitrogens with one attached hydrogen (secondary N) is 3. The Morgan fingerprint density at radius 1 is 1.17 bits per heavy atom. The van der Waals surface area contributed by atoms with Crippen molar-refractivity contribution in [1.82, 2.24) is 20.5 Å². The summed E-state index contributed by atoms with van der Waals surface area (Å²) >= 11 is 7.05. The lowest BCUT2D eigenvalue weighted by Gasteiger charge is -2.22. The van der Waals surface area contributed by atoms with Gasteiger partial charge in [0.15, 0.2) is 0 Å². The molecule has 36 heavy (non-hydrogen) atoms. The van der Waals surface area contributed by atoms with Gasteiger partial charge in [0, 0.05) is 34.2 Å². The zero-order chi connectivity index (χ0) is 25.7. The fraction of sp³-hybridized carbons (Fsp3) is 0.280. The van der Waals surface area contributed by atoms with Crippen molar-refractivity contribution in [2.45, 2.75) is 44.1 Å². The summed E-state index contributed by atoms with van der Waals surface area (Å²) in [5, 5.41) is 15.6. The van der Waals surface area contributed by atoms with Crippen LogP contribution in [0.1, 0.15) is 38.3 Å². The highest BCUT2D eigenvalue weighted by molar-refractivity contribution is 7.99. The molecule has 4 aromatic rings. The van der Waals surface area contributed by atoms with Crippen LogP contribution in [-0.2, 0) is 16.0 Å². The molecular weight excluding hydrogens is 502 g/mol. The normalized spacial score (nSPS) is 12.3. The Kier molecular flexibility index (Phi) is 7.85. The lowest BCUT2D eigenvalue weighted by atomic mass is 10.1. The maximum atomic E-state index is 12.6. The molecule has 0 saturated carbocycles. The Balaban J connectivity index is 1.46. The van der Waals surface area contributed by atoms with Gasteiger partial charge < -0.3 is 24.8 Å². The number of hydrogen-bond donors (Lipinski definition) is 3. The number of para-hydroxylation sites is 1. The smallest absolute Gasteiger partial charge is 0.408 e. The summed E-state index contributed by atoms with van der Waals surface area (Å²) in [5.74, 6) is 0.0222. The molecule has 0 aliphatic carbocycles. The number of halogens is 1. The average Bonchev–Trinajstić information content (AvgIpc) is 3.43. The van der Waals surface area contributed by atoms with E-state index in [1.54, 1.807) is 45.0 Å². The quantitative estimate of drug-likeness (QED) is 0.249. The Hall–Kier alpha value is -3.50. The molecule has 2 heterocycles. The fourth-order valence-electron chi connectivity index (χ4n) is 3.48. The van der Waals surface area contributed by atoms with E-state index in [1.165, 1.54) is 0 Å². The fourth-order valence-corrected chi connectivity index (χ4v) is 4.24. The summed E-state index contributed by atoms with van der Waals surface area (Å²) in [4.78, 5) is 28.1. The number of fused-ring (bicyclic) bond motifs is 1. The largest absolute Gasteiger partial charge is 0.444 e. The highest BCUT2D eigenvalue weighted by Gasteiger charge is 2.26. The molecule has 1 unspecified atom stereocenters. The Bertz CT molecular complexity index is 1360.